The van der Waals surface area contributed by atoms with Gasteiger partial charge in [-0.2, -0.15) is 0 Å². The second kappa shape index (κ2) is 6.39. The Hall–Kier alpha value is -1.37. The van der Waals surface area contributed by atoms with Gasteiger partial charge in [0.15, 0.2) is 0 Å². The molecule has 0 amide bonds. The third-order valence-corrected chi connectivity index (χ3v) is 3.97. The van der Waals surface area contributed by atoms with Gasteiger partial charge in [0, 0.05) is 24.6 Å². The lowest BCUT2D eigenvalue weighted by Gasteiger charge is -2.07. The highest BCUT2D eigenvalue weighted by atomic mass is 32.2. The lowest BCUT2D eigenvalue weighted by Crippen LogP contribution is -2.27. The van der Waals surface area contributed by atoms with Crippen LogP contribution in [0.5, 0.6) is 0 Å². The van der Waals surface area contributed by atoms with Gasteiger partial charge in [-0.1, -0.05) is 32.0 Å². The molecule has 6 heteroatoms. The molecular formula is C14H19NO4S. The number of nitrogens with one attached hydrogen (secondary N) is 1. The number of rotatable bonds is 7. The minimum absolute atomic E-state index is 0.0671. The molecule has 1 aromatic heterocycles. The summed E-state index contributed by atoms with van der Waals surface area (Å²) >= 11 is 0. The predicted octanol–water partition coefficient (Wildman–Crippen LogP) is 2.38. The molecule has 2 rings (SSSR count). The van der Waals surface area contributed by atoms with Crippen molar-refractivity contribution in [3.05, 3.63) is 30.3 Å². The van der Waals surface area contributed by atoms with Crippen molar-refractivity contribution >= 4 is 21.0 Å². The van der Waals surface area contributed by atoms with E-state index < -0.39 is 10.0 Å². The van der Waals surface area contributed by atoms with E-state index in [9.17, 15) is 8.42 Å². The van der Waals surface area contributed by atoms with E-state index in [2.05, 4.69) is 4.72 Å². The Bertz CT molecular complexity index is 628. The van der Waals surface area contributed by atoms with Crippen molar-refractivity contribution in [3.63, 3.8) is 0 Å². The first-order valence-electron chi connectivity index (χ1n) is 6.55. The van der Waals surface area contributed by atoms with Crippen molar-refractivity contribution in [1.82, 2.24) is 4.72 Å². The molecule has 0 aliphatic heterocycles. The molecule has 110 valence electrons. The summed E-state index contributed by atoms with van der Waals surface area (Å²) in [6, 6.07) is 8.70. The number of ether oxygens (including phenoxy) is 1. The highest BCUT2D eigenvalue weighted by molar-refractivity contribution is 7.89. The van der Waals surface area contributed by atoms with E-state index in [1.54, 1.807) is 12.1 Å². The van der Waals surface area contributed by atoms with E-state index in [4.69, 9.17) is 9.15 Å². The smallest absolute Gasteiger partial charge is 0.274 e. The third kappa shape index (κ3) is 3.82. The summed E-state index contributed by atoms with van der Waals surface area (Å²) in [5.41, 5.74) is 0.559. The molecule has 20 heavy (non-hydrogen) atoms. The normalized spacial score (nSPS) is 12.3. The van der Waals surface area contributed by atoms with Crippen molar-refractivity contribution in [2.45, 2.75) is 18.9 Å². The largest absolute Gasteiger partial charge is 0.443 e. The quantitative estimate of drug-likeness (QED) is 0.797. The van der Waals surface area contributed by atoms with Crippen LogP contribution in [-0.2, 0) is 14.8 Å². The van der Waals surface area contributed by atoms with Crippen molar-refractivity contribution in [3.8, 4) is 0 Å². The van der Waals surface area contributed by atoms with E-state index in [-0.39, 0.29) is 11.6 Å². The maximum atomic E-state index is 12.0. The van der Waals surface area contributed by atoms with Crippen LogP contribution in [0.4, 0.5) is 0 Å². The van der Waals surface area contributed by atoms with Crippen LogP contribution in [0.25, 0.3) is 11.0 Å². The van der Waals surface area contributed by atoms with Gasteiger partial charge >= 0.3 is 0 Å². The van der Waals surface area contributed by atoms with Gasteiger partial charge in [0.25, 0.3) is 10.0 Å². The minimum Gasteiger partial charge on any atom is -0.443 e. The van der Waals surface area contributed by atoms with Gasteiger partial charge in [-0.15, -0.1) is 0 Å². The molecule has 0 fully saturated rings. The standard InChI is InChI=1S/C14H19NO4S/c1-11(2)10-18-8-7-15-20(16,17)14-9-12-5-3-4-6-13(12)19-14/h3-6,9,11,15H,7-8,10H2,1-2H3. The summed E-state index contributed by atoms with van der Waals surface area (Å²) < 4.78 is 37.2. The van der Waals surface area contributed by atoms with Crippen LogP contribution in [0.3, 0.4) is 0 Å². The zero-order chi connectivity index (χ0) is 14.6. The van der Waals surface area contributed by atoms with Gasteiger partial charge in [-0.3, -0.25) is 0 Å². The molecule has 0 saturated heterocycles. The maximum Gasteiger partial charge on any atom is 0.274 e. The van der Waals surface area contributed by atoms with Crippen LogP contribution in [0, 0.1) is 5.92 Å². The van der Waals surface area contributed by atoms with Crippen molar-refractivity contribution < 1.29 is 17.6 Å². The van der Waals surface area contributed by atoms with E-state index in [0.29, 0.717) is 24.7 Å². The second-order valence-electron chi connectivity index (χ2n) is 4.97. The highest BCUT2D eigenvalue weighted by Crippen LogP contribution is 2.21. The Morgan fingerprint density at radius 1 is 1.30 bits per heavy atom. The van der Waals surface area contributed by atoms with E-state index in [1.807, 2.05) is 26.0 Å². The van der Waals surface area contributed by atoms with Gasteiger partial charge < -0.3 is 9.15 Å². The number of furan rings is 1. The molecule has 1 N–H and O–H groups in total. The Balaban J connectivity index is 1.96. The number of hydrogen-bond donors (Lipinski definition) is 1. The van der Waals surface area contributed by atoms with Gasteiger partial charge in [0.05, 0.1) is 6.61 Å². The number of sulfonamides is 1. The highest BCUT2D eigenvalue weighted by Gasteiger charge is 2.18. The minimum atomic E-state index is -3.62. The van der Waals surface area contributed by atoms with Crippen molar-refractivity contribution in [2.24, 2.45) is 5.92 Å². The number of fused-ring (bicyclic) bond motifs is 1. The van der Waals surface area contributed by atoms with Gasteiger partial charge in [0.1, 0.15) is 5.58 Å². The molecule has 2 aromatic rings. The van der Waals surface area contributed by atoms with E-state index in [0.717, 1.165) is 5.39 Å². The molecule has 1 heterocycles. The van der Waals surface area contributed by atoms with Crippen LogP contribution in [0.15, 0.2) is 39.8 Å². The molecule has 0 unspecified atom stereocenters. The molecular weight excluding hydrogens is 278 g/mol. The van der Waals surface area contributed by atoms with Crippen LogP contribution >= 0.6 is 0 Å². The van der Waals surface area contributed by atoms with E-state index >= 15 is 0 Å². The fraction of sp³-hybridized carbons (Fsp3) is 0.429. The van der Waals surface area contributed by atoms with E-state index in [1.165, 1.54) is 6.07 Å². The number of para-hydroxylation sites is 1. The Morgan fingerprint density at radius 2 is 2.05 bits per heavy atom. The zero-order valence-electron chi connectivity index (χ0n) is 11.6. The maximum absolute atomic E-state index is 12.0. The van der Waals surface area contributed by atoms with Gasteiger partial charge in [0.2, 0.25) is 5.09 Å². The zero-order valence-corrected chi connectivity index (χ0v) is 12.4. The average molecular weight is 297 g/mol. The summed E-state index contributed by atoms with van der Waals surface area (Å²) in [4.78, 5) is 0. The Labute approximate surface area is 119 Å². The summed E-state index contributed by atoms with van der Waals surface area (Å²) in [5, 5.41) is 0.700. The van der Waals surface area contributed by atoms with Crippen molar-refractivity contribution in [1.29, 1.82) is 0 Å². The summed E-state index contributed by atoms with van der Waals surface area (Å²) in [6.45, 7) is 5.27. The lowest BCUT2D eigenvalue weighted by atomic mass is 10.2. The summed E-state index contributed by atoms with van der Waals surface area (Å²) in [5.74, 6) is 0.432. The lowest BCUT2D eigenvalue weighted by molar-refractivity contribution is 0.114. The molecule has 0 spiro atoms. The SMILES string of the molecule is CC(C)COCCNS(=O)(=O)c1cc2ccccc2o1. The first kappa shape index (κ1) is 15.0. The average Bonchev–Trinajstić information content (AvgIpc) is 2.82. The molecule has 0 saturated carbocycles. The fourth-order valence-corrected chi connectivity index (χ4v) is 2.70. The second-order valence-corrected chi connectivity index (χ2v) is 6.67. The number of hydrogen-bond acceptors (Lipinski definition) is 4. The number of benzene rings is 1. The Kier molecular flexibility index (Phi) is 4.80. The van der Waals surface area contributed by atoms with Crippen LogP contribution in [-0.4, -0.2) is 28.2 Å². The monoisotopic (exact) mass is 297 g/mol. The molecule has 5 nitrogen and oxygen atoms in total. The molecule has 0 radical (unpaired) electrons. The third-order valence-electron chi connectivity index (χ3n) is 2.66. The van der Waals surface area contributed by atoms with Gasteiger partial charge in [-0.25, -0.2) is 13.1 Å². The van der Waals surface area contributed by atoms with Crippen LogP contribution in [0.1, 0.15) is 13.8 Å². The van der Waals surface area contributed by atoms with Crippen LogP contribution in [0.2, 0.25) is 0 Å². The molecule has 0 bridgehead atoms. The molecule has 0 aliphatic carbocycles. The first-order valence-corrected chi connectivity index (χ1v) is 8.03. The summed E-state index contributed by atoms with van der Waals surface area (Å²) in [6.07, 6.45) is 0. The molecule has 0 aliphatic rings. The topological polar surface area (TPSA) is 68.5 Å². The summed E-state index contributed by atoms with van der Waals surface area (Å²) in [7, 11) is -3.62. The first-order chi connectivity index (χ1) is 9.49. The predicted molar refractivity (Wildman–Crippen MR) is 77.1 cm³/mol. The van der Waals surface area contributed by atoms with Crippen LogP contribution < -0.4 is 4.72 Å². The van der Waals surface area contributed by atoms with Gasteiger partial charge in [-0.05, 0) is 12.0 Å². The molecule has 1 aromatic carbocycles. The molecule has 0 atom stereocenters. The Morgan fingerprint density at radius 3 is 2.75 bits per heavy atom. The van der Waals surface area contributed by atoms with Crippen molar-refractivity contribution in [2.75, 3.05) is 19.8 Å². The fourth-order valence-electron chi connectivity index (χ4n) is 1.73.